The van der Waals surface area contributed by atoms with Crippen LogP contribution >= 0.6 is 0 Å². The lowest BCUT2D eigenvalue weighted by Crippen LogP contribution is -1.76. The second-order valence-corrected chi connectivity index (χ2v) is 5.82. The van der Waals surface area contributed by atoms with Crippen molar-refractivity contribution in [3.63, 3.8) is 0 Å². The summed E-state index contributed by atoms with van der Waals surface area (Å²) in [6.45, 7) is 0. The van der Waals surface area contributed by atoms with Gasteiger partial charge in [-0.25, -0.2) is 0 Å². The summed E-state index contributed by atoms with van der Waals surface area (Å²) in [6, 6.07) is 22.6. The first kappa shape index (κ1) is 9.33. The normalized spacial score (nSPS) is 13.0. The van der Waals surface area contributed by atoms with Crippen LogP contribution in [0.2, 0.25) is 0 Å². The predicted octanol–water partition coefficient (Wildman–Crippen LogP) is 5.77. The van der Waals surface area contributed by atoms with Gasteiger partial charge in [0.15, 0.2) is 0 Å². The third kappa shape index (κ3) is 0.820. The molecule has 0 spiro atoms. The van der Waals surface area contributed by atoms with Gasteiger partial charge in [0.25, 0.3) is 0 Å². The minimum atomic E-state index is 1.36. The van der Waals surface area contributed by atoms with Crippen LogP contribution in [0.1, 0.15) is 0 Å². The van der Waals surface area contributed by atoms with Gasteiger partial charge in [-0.2, -0.15) is 0 Å². The molecule has 0 radical (unpaired) electrons. The lowest BCUT2D eigenvalue weighted by atomic mass is 10.00. The van der Waals surface area contributed by atoms with E-state index in [9.17, 15) is 0 Å². The Morgan fingerprint density at radius 1 is 0.250 bits per heavy atom. The van der Waals surface area contributed by atoms with Crippen LogP contribution in [0.15, 0.2) is 60.7 Å². The summed E-state index contributed by atoms with van der Waals surface area (Å²) in [4.78, 5) is 0. The van der Waals surface area contributed by atoms with E-state index < -0.39 is 0 Å². The van der Waals surface area contributed by atoms with Crippen molar-refractivity contribution < 1.29 is 0 Å². The molecule has 0 heteroatoms. The van der Waals surface area contributed by atoms with Gasteiger partial charge in [0, 0.05) is 0 Å². The summed E-state index contributed by atoms with van der Waals surface area (Å²) in [5.41, 5.74) is 0. The zero-order valence-electron chi connectivity index (χ0n) is 10.8. The van der Waals surface area contributed by atoms with Gasteiger partial charge in [0.05, 0.1) is 0 Å². The molecule has 6 aromatic carbocycles. The Kier molecular flexibility index (Phi) is 1.30. The van der Waals surface area contributed by atoms with E-state index in [4.69, 9.17) is 0 Å². The summed E-state index contributed by atoms with van der Waals surface area (Å²) < 4.78 is 0. The molecule has 0 bridgehead atoms. The molecule has 6 aromatic rings. The van der Waals surface area contributed by atoms with Gasteiger partial charge in [0.2, 0.25) is 0 Å². The van der Waals surface area contributed by atoms with Crippen molar-refractivity contribution in [3.8, 4) is 0 Å². The average Bonchev–Trinajstić information content (AvgIpc) is 2.88. The SMILES string of the molecule is c1cc2ccc3ccc4ccc5ccc1c1c2c3c4c51. The molecule has 6 rings (SSSR count). The standard InChI is InChI=1S/C20H10/c1-2-12-5-6-14-9-10-15-8-7-13-4-3-11(1)16-17(12)19(14)20(15)18(13)16/h1-10H. The maximum absolute atomic E-state index is 2.26. The fraction of sp³-hybridized carbons (Fsp3) is 0. The Hall–Kier alpha value is -2.60. The van der Waals surface area contributed by atoms with Gasteiger partial charge in [-0.05, 0) is 53.9 Å². The average molecular weight is 250 g/mol. The number of rotatable bonds is 0. The third-order valence-corrected chi connectivity index (χ3v) is 4.91. The van der Waals surface area contributed by atoms with E-state index in [1.807, 2.05) is 0 Å². The summed E-state index contributed by atoms with van der Waals surface area (Å²) in [6.07, 6.45) is 0. The van der Waals surface area contributed by atoms with Gasteiger partial charge in [-0.1, -0.05) is 60.7 Å². The molecular weight excluding hydrogens is 240 g/mol. The van der Waals surface area contributed by atoms with Crippen LogP contribution in [0.5, 0.6) is 0 Å². The Labute approximate surface area is 115 Å². The smallest absolute Gasteiger partial charge is 0.00139 e. The van der Waals surface area contributed by atoms with Crippen molar-refractivity contribution in [1.29, 1.82) is 0 Å². The fourth-order valence-electron chi connectivity index (χ4n) is 4.08. The monoisotopic (exact) mass is 250 g/mol. The molecule has 90 valence electrons. The molecule has 20 heavy (non-hydrogen) atoms. The van der Waals surface area contributed by atoms with Crippen molar-refractivity contribution in [2.45, 2.75) is 0 Å². The number of benzene rings is 5. The molecule has 0 unspecified atom stereocenters. The Morgan fingerprint density at radius 3 is 0.550 bits per heavy atom. The van der Waals surface area contributed by atoms with E-state index in [0.29, 0.717) is 0 Å². The molecule has 0 atom stereocenters. The number of hydrogen-bond donors (Lipinski definition) is 0. The first-order valence-corrected chi connectivity index (χ1v) is 7.05. The van der Waals surface area contributed by atoms with Crippen LogP contribution in [0.25, 0.3) is 53.9 Å². The maximum atomic E-state index is 2.26. The highest BCUT2D eigenvalue weighted by molar-refractivity contribution is 6.44. The maximum Gasteiger partial charge on any atom is -0.00139 e. The Bertz CT molecular complexity index is 925. The first-order chi connectivity index (χ1) is 9.92. The van der Waals surface area contributed by atoms with Crippen LogP contribution in [0, 0.1) is 0 Å². The third-order valence-electron chi connectivity index (χ3n) is 4.91. The zero-order valence-corrected chi connectivity index (χ0v) is 10.8. The predicted molar refractivity (Wildman–Crippen MR) is 87.5 cm³/mol. The van der Waals surface area contributed by atoms with Crippen molar-refractivity contribution in [2.75, 3.05) is 0 Å². The van der Waals surface area contributed by atoms with E-state index >= 15 is 0 Å². The Morgan fingerprint density at radius 2 is 0.400 bits per heavy atom. The van der Waals surface area contributed by atoms with Crippen molar-refractivity contribution in [2.24, 2.45) is 0 Å². The minimum Gasteiger partial charge on any atom is -0.0537 e. The highest BCUT2D eigenvalue weighted by Gasteiger charge is 2.18. The summed E-state index contributed by atoms with van der Waals surface area (Å²) in [5, 5.41) is 14.1. The van der Waals surface area contributed by atoms with E-state index in [1.54, 1.807) is 0 Å². The molecule has 0 aliphatic rings. The fourth-order valence-corrected chi connectivity index (χ4v) is 4.08. The molecule has 0 aliphatic carbocycles. The van der Waals surface area contributed by atoms with E-state index in [1.165, 1.54) is 53.9 Å². The van der Waals surface area contributed by atoms with Crippen molar-refractivity contribution >= 4 is 53.9 Å². The largest absolute Gasteiger partial charge is 0.0537 e. The van der Waals surface area contributed by atoms with Crippen LogP contribution < -0.4 is 0 Å². The van der Waals surface area contributed by atoms with Crippen molar-refractivity contribution in [1.82, 2.24) is 0 Å². The molecule has 0 aromatic heterocycles. The summed E-state index contributed by atoms with van der Waals surface area (Å²) >= 11 is 0. The molecule has 0 fully saturated rings. The van der Waals surface area contributed by atoms with Crippen LogP contribution in [0.4, 0.5) is 0 Å². The highest BCUT2D eigenvalue weighted by Crippen LogP contribution is 2.47. The number of hydrogen-bond acceptors (Lipinski definition) is 0. The lowest BCUT2D eigenvalue weighted by molar-refractivity contribution is 1.88. The lowest BCUT2D eigenvalue weighted by Gasteiger charge is -2.03. The molecular formula is C20H10. The van der Waals surface area contributed by atoms with E-state index in [0.717, 1.165) is 0 Å². The molecule has 0 saturated heterocycles. The van der Waals surface area contributed by atoms with Crippen LogP contribution in [0.3, 0.4) is 0 Å². The summed E-state index contributed by atoms with van der Waals surface area (Å²) in [5.74, 6) is 0. The second kappa shape index (κ2) is 2.78. The quantitative estimate of drug-likeness (QED) is 0.300. The molecule has 0 nitrogen and oxygen atoms in total. The topological polar surface area (TPSA) is 0 Å². The van der Waals surface area contributed by atoms with E-state index in [2.05, 4.69) is 60.7 Å². The molecule has 0 aliphatic heterocycles. The van der Waals surface area contributed by atoms with Gasteiger partial charge >= 0.3 is 0 Å². The highest BCUT2D eigenvalue weighted by atomic mass is 14.2. The zero-order chi connectivity index (χ0) is 12.8. The minimum absolute atomic E-state index is 1.36. The second-order valence-electron chi connectivity index (χ2n) is 5.82. The van der Waals surface area contributed by atoms with Gasteiger partial charge in [-0.3, -0.25) is 0 Å². The van der Waals surface area contributed by atoms with Crippen LogP contribution in [-0.4, -0.2) is 0 Å². The van der Waals surface area contributed by atoms with Gasteiger partial charge in [0.1, 0.15) is 0 Å². The molecule has 0 heterocycles. The molecule has 0 N–H and O–H groups in total. The molecule has 0 amide bonds. The molecule has 0 saturated carbocycles. The van der Waals surface area contributed by atoms with Crippen molar-refractivity contribution in [3.05, 3.63) is 60.7 Å². The van der Waals surface area contributed by atoms with Crippen LogP contribution in [-0.2, 0) is 0 Å². The van der Waals surface area contributed by atoms with E-state index in [-0.39, 0.29) is 0 Å². The Balaban J connectivity index is 2.27. The first-order valence-electron chi connectivity index (χ1n) is 7.05. The van der Waals surface area contributed by atoms with Gasteiger partial charge in [-0.15, -0.1) is 0 Å². The van der Waals surface area contributed by atoms with Gasteiger partial charge < -0.3 is 0 Å². The summed E-state index contributed by atoms with van der Waals surface area (Å²) in [7, 11) is 0.